The van der Waals surface area contributed by atoms with E-state index < -0.39 is 0 Å². The fraction of sp³-hybridized carbons (Fsp3) is 0.538. The standard InChI is InChI=1S/C13H18BrNO/c1-8(15)4-9-5-11(14)6-10-7-13(2,3)16-12(9)10/h5-6,8H,4,7,15H2,1-3H3. The number of benzene rings is 1. The lowest BCUT2D eigenvalue weighted by atomic mass is 9.99. The molecule has 0 bridgehead atoms. The van der Waals surface area contributed by atoms with Crippen molar-refractivity contribution in [1.29, 1.82) is 0 Å². The second kappa shape index (κ2) is 4.04. The number of halogens is 1. The van der Waals surface area contributed by atoms with Crippen LogP contribution in [0.15, 0.2) is 16.6 Å². The van der Waals surface area contributed by atoms with Crippen LogP contribution in [0.2, 0.25) is 0 Å². The van der Waals surface area contributed by atoms with Gasteiger partial charge in [0.2, 0.25) is 0 Å². The van der Waals surface area contributed by atoms with Crippen LogP contribution in [0.1, 0.15) is 31.9 Å². The van der Waals surface area contributed by atoms with Crippen molar-refractivity contribution >= 4 is 15.9 Å². The predicted molar refractivity (Wildman–Crippen MR) is 69.9 cm³/mol. The highest BCUT2D eigenvalue weighted by atomic mass is 79.9. The molecule has 1 aromatic rings. The average Bonchev–Trinajstić information content (AvgIpc) is 2.38. The van der Waals surface area contributed by atoms with Gasteiger partial charge in [0.1, 0.15) is 11.4 Å². The summed E-state index contributed by atoms with van der Waals surface area (Å²) in [6, 6.07) is 4.42. The Kier molecular flexibility index (Phi) is 3.01. The van der Waals surface area contributed by atoms with E-state index in [1.54, 1.807) is 0 Å². The van der Waals surface area contributed by atoms with Gasteiger partial charge in [0, 0.05) is 16.9 Å². The molecule has 1 aliphatic rings. The van der Waals surface area contributed by atoms with Gasteiger partial charge in [-0.1, -0.05) is 15.9 Å². The Morgan fingerprint density at radius 1 is 1.50 bits per heavy atom. The molecule has 0 amide bonds. The summed E-state index contributed by atoms with van der Waals surface area (Å²) in [5.74, 6) is 1.05. The molecule has 1 atom stereocenters. The third-order valence-electron chi connectivity index (χ3n) is 2.74. The summed E-state index contributed by atoms with van der Waals surface area (Å²) >= 11 is 3.55. The normalized spacial score (nSPS) is 19.1. The van der Waals surface area contributed by atoms with Gasteiger partial charge in [0.15, 0.2) is 0 Å². The van der Waals surface area contributed by atoms with E-state index in [1.165, 1.54) is 11.1 Å². The summed E-state index contributed by atoms with van der Waals surface area (Å²) in [7, 11) is 0. The summed E-state index contributed by atoms with van der Waals surface area (Å²) in [4.78, 5) is 0. The summed E-state index contributed by atoms with van der Waals surface area (Å²) < 4.78 is 7.12. The van der Waals surface area contributed by atoms with Crippen molar-refractivity contribution in [3.8, 4) is 5.75 Å². The molecular formula is C13H18BrNO. The molecule has 88 valence electrons. The van der Waals surface area contributed by atoms with E-state index in [9.17, 15) is 0 Å². The molecule has 0 spiro atoms. The van der Waals surface area contributed by atoms with Gasteiger partial charge in [-0.15, -0.1) is 0 Å². The molecule has 3 heteroatoms. The van der Waals surface area contributed by atoms with E-state index in [0.717, 1.165) is 23.1 Å². The second-order valence-corrected chi connectivity index (χ2v) is 6.19. The molecule has 2 rings (SSSR count). The smallest absolute Gasteiger partial charge is 0.126 e. The van der Waals surface area contributed by atoms with Gasteiger partial charge in [0.25, 0.3) is 0 Å². The quantitative estimate of drug-likeness (QED) is 0.906. The van der Waals surface area contributed by atoms with Crippen molar-refractivity contribution in [2.45, 2.75) is 45.3 Å². The molecular weight excluding hydrogens is 266 g/mol. The van der Waals surface area contributed by atoms with E-state index in [4.69, 9.17) is 10.5 Å². The first-order valence-corrected chi connectivity index (χ1v) is 6.42. The van der Waals surface area contributed by atoms with Crippen molar-refractivity contribution in [3.63, 3.8) is 0 Å². The van der Waals surface area contributed by atoms with Crippen molar-refractivity contribution in [2.75, 3.05) is 0 Å². The summed E-state index contributed by atoms with van der Waals surface area (Å²) in [5, 5.41) is 0. The molecule has 0 saturated heterocycles. The Labute approximate surface area is 105 Å². The van der Waals surface area contributed by atoms with E-state index in [0.29, 0.717) is 0 Å². The Morgan fingerprint density at radius 3 is 2.81 bits per heavy atom. The van der Waals surface area contributed by atoms with Crippen LogP contribution in [-0.2, 0) is 12.8 Å². The highest BCUT2D eigenvalue weighted by molar-refractivity contribution is 9.10. The number of ether oxygens (including phenoxy) is 1. The molecule has 0 radical (unpaired) electrons. The lowest BCUT2D eigenvalue weighted by Gasteiger charge is -2.18. The van der Waals surface area contributed by atoms with Crippen molar-refractivity contribution in [2.24, 2.45) is 5.73 Å². The molecule has 1 unspecified atom stereocenters. The lowest BCUT2D eigenvalue weighted by molar-refractivity contribution is 0.137. The van der Waals surface area contributed by atoms with Crippen LogP contribution in [0.3, 0.4) is 0 Å². The molecule has 1 heterocycles. The SMILES string of the molecule is CC(N)Cc1cc(Br)cc2c1OC(C)(C)C2. The van der Waals surface area contributed by atoms with E-state index in [1.807, 2.05) is 6.92 Å². The minimum atomic E-state index is -0.0876. The van der Waals surface area contributed by atoms with Gasteiger partial charge in [-0.2, -0.15) is 0 Å². The third kappa shape index (κ3) is 2.41. The van der Waals surface area contributed by atoms with E-state index in [-0.39, 0.29) is 11.6 Å². The van der Waals surface area contributed by atoms with Gasteiger partial charge in [-0.25, -0.2) is 0 Å². The van der Waals surface area contributed by atoms with Gasteiger partial charge in [-0.05, 0) is 50.5 Å². The zero-order valence-corrected chi connectivity index (χ0v) is 11.6. The molecule has 2 nitrogen and oxygen atoms in total. The van der Waals surface area contributed by atoms with Crippen LogP contribution >= 0.6 is 15.9 Å². The Balaban J connectivity index is 2.41. The highest BCUT2D eigenvalue weighted by Crippen LogP contribution is 2.39. The van der Waals surface area contributed by atoms with Crippen LogP contribution in [0.5, 0.6) is 5.75 Å². The third-order valence-corrected chi connectivity index (χ3v) is 3.20. The number of fused-ring (bicyclic) bond motifs is 1. The number of hydrogen-bond acceptors (Lipinski definition) is 2. The number of nitrogens with two attached hydrogens (primary N) is 1. The summed E-state index contributed by atoms with van der Waals surface area (Å²) in [5.41, 5.74) is 8.28. The second-order valence-electron chi connectivity index (χ2n) is 5.27. The van der Waals surface area contributed by atoms with Gasteiger partial charge in [0.05, 0.1) is 0 Å². The maximum atomic E-state index is 6.00. The Morgan fingerprint density at radius 2 is 2.19 bits per heavy atom. The minimum absolute atomic E-state index is 0.0876. The zero-order valence-electron chi connectivity index (χ0n) is 10.0. The number of rotatable bonds is 2. The zero-order chi connectivity index (χ0) is 11.9. The molecule has 1 aromatic carbocycles. The largest absolute Gasteiger partial charge is 0.487 e. The van der Waals surface area contributed by atoms with Crippen LogP contribution in [0, 0.1) is 0 Å². The number of hydrogen-bond donors (Lipinski definition) is 1. The van der Waals surface area contributed by atoms with Crippen molar-refractivity contribution < 1.29 is 4.74 Å². The molecule has 0 fully saturated rings. The monoisotopic (exact) mass is 283 g/mol. The molecule has 2 N–H and O–H groups in total. The molecule has 1 aliphatic heterocycles. The fourth-order valence-corrected chi connectivity index (χ4v) is 2.80. The van der Waals surface area contributed by atoms with Crippen molar-refractivity contribution in [1.82, 2.24) is 0 Å². The molecule has 16 heavy (non-hydrogen) atoms. The van der Waals surface area contributed by atoms with Crippen LogP contribution in [0.25, 0.3) is 0 Å². The minimum Gasteiger partial charge on any atom is -0.487 e. The molecule has 0 saturated carbocycles. The Hall–Kier alpha value is -0.540. The summed E-state index contributed by atoms with van der Waals surface area (Å²) in [6.45, 7) is 6.26. The lowest BCUT2D eigenvalue weighted by Crippen LogP contribution is -2.25. The summed E-state index contributed by atoms with van der Waals surface area (Å²) in [6.07, 6.45) is 1.82. The Bertz CT molecular complexity index is 413. The average molecular weight is 284 g/mol. The molecule has 0 aromatic heterocycles. The maximum absolute atomic E-state index is 6.00. The topological polar surface area (TPSA) is 35.2 Å². The first-order valence-electron chi connectivity index (χ1n) is 5.63. The first-order chi connectivity index (χ1) is 7.37. The van der Waals surface area contributed by atoms with E-state index in [2.05, 4.69) is 41.9 Å². The van der Waals surface area contributed by atoms with Gasteiger partial charge >= 0.3 is 0 Å². The molecule has 0 aliphatic carbocycles. The maximum Gasteiger partial charge on any atom is 0.126 e. The van der Waals surface area contributed by atoms with Gasteiger partial charge < -0.3 is 10.5 Å². The van der Waals surface area contributed by atoms with Crippen LogP contribution in [-0.4, -0.2) is 11.6 Å². The van der Waals surface area contributed by atoms with Crippen LogP contribution < -0.4 is 10.5 Å². The van der Waals surface area contributed by atoms with Gasteiger partial charge in [-0.3, -0.25) is 0 Å². The van der Waals surface area contributed by atoms with E-state index >= 15 is 0 Å². The first kappa shape index (κ1) is 11.9. The predicted octanol–water partition coefficient (Wildman–Crippen LogP) is 3.05. The highest BCUT2D eigenvalue weighted by Gasteiger charge is 2.32. The fourth-order valence-electron chi connectivity index (χ4n) is 2.24. The van der Waals surface area contributed by atoms with Crippen molar-refractivity contribution in [3.05, 3.63) is 27.7 Å². The van der Waals surface area contributed by atoms with Crippen LogP contribution in [0.4, 0.5) is 0 Å².